The minimum atomic E-state index is -1.63. The van der Waals surface area contributed by atoms with Gasteiger partial charge in [0.15, 0.2) is 12.1 Å². The topological polar surface area (TPSA) is 163 Å². The molecule has 7 atom stereocenters. The molecule has 0 aromatic rings. The van der Waals surface area contributed by atoms with Gasteiger partial charge in [-0.2, -0.15) is 0 Å². The number of ether oxygens (including phenoxy) is 3. The van der Waals surface area contributed by atoms with Gasteiger partial charge < -0.3 is 39.7 Å². The van der Waals surface area contributed by atoms with E-state index in [-0.39, 0.29) is 35.1 Å². The van der Waals surface area contributed by atoms with Crippen LogP contribution in [0.1, 0.15) is 39.0 Å². The van der Waals surface area contributed by atoms with Gasteiger partial charge in [-0.3, -0.25) is 9.59 Å². The zero-order chi connectivity index (χ0) is 28.3. The lowest BCUT2D eigenvalue weighted by atomic mass is 9.92. The monoisotopic (exact) mass is 600 g/mol. The smallest absolute Gasteiger partial charge is 0.305 e. The maximum atomic E-state index is 12.7. The first-order chi connectivity index (χ1) is 18.1. The lowest BCUT2D eigenvalue weighted by Crippen LogP contribution is -2.59. The van der Waals surface area contributed by atoms with E-state index in [2.05, 4.69) is 20.7 Å². The SMILES string of the molecule is CCC=CCC=CCC1(O)C=C(Br)C(=O)C1=CC=CC(CCC(=O)OC)OC1OC(CO)C(O)C(O)C1O. The maximum Gasteiger partial charge on any atom is 0.305 e. The molecule has 1 heterocycles. The van der Waals surface area contributed by atoms with Gasteiger partial charge in [0.2, 0.25) is 0 Å². The van der Waals surface area contributed by atoms with E-state index in [1.165, 1.54) is 31.4 Å². The van der Waals surface area contributed by atoms with Crippen molar-refractivity contribution in [3.63, 3.8) is 0 Å². The fourth-order valence-electron chi connectivity index (χ4n) is 3.97. The maximum absolute atomic E-state index is 12.7. The van der Waals surface area contributed by atoms with Crippen molar-refractivity contribution in [1.82, 2.24) is 0 Å². The van der Waals surface area contributed by atoms with Crippen LogP contribution in [0.4, 0.5) is 0 Å². The summed E-state index contributed by atoms with van der Waals surface area (Å²) in [5, 5.41) is 50.9. The average Bonchev–Trinajstić information content (AvgIpc) is 3.11. The molecule has 38 heavy (non-hydrogen) atoms. The van der Waals surface area contributed by atoms with Gasteiger partial charge in [-0.1, -0.05) is 49.5 Å². The van der Waals surface area contributed by atoms with E-state index in [4.69, 9.17) is 9.47 Å². The van der Waals surface area contributed by atoms with Crippen LogP contribution in [0.5, 0.6) is 0 Å². The van der Waals surface area contributed by atoms with E-state index in [0.29, 0.717) is 6.42 Å². The Morgan fingerprint density at radius 1 is 1.18 bits per heavy atom. The number of Topliss-reactive ketones (excluding diaryl/α,β-unsaturated/α-hetero) is 1. The predicted molar refractivity (Wildman–Crippen MR) is 142 cm³/mol. The van der Waals surface area contributed by atoms with Crippen LogP contribution >= 0.6 is 15.9 Å². The number of carbonyl (C=O) groups is 2. The fraction of sp³-hybridized carbons (Fsp3) is 0.556. The van der Waals surface area contributed by atoms with Gasteiger partial charge in [0.1, 0.15) is 30.0 Å². The zero-order valence-electron chi connectivity index (χ0n) is 21.5. The van der Waals surface area contributed by atoms with E-state index in [1.807, 2.05) is 25.2 Å². The van der Waals surface area contributed by atoms with E-state index in [1.54, 1.807) is 6.08 Å². The number of hydrogen-bond acceptors (Lipinski definition) is 10. The van der Waals surface area contributed by atoms with Gasteiger partial charge in [0.05, 0.1) is 24.3 Å². The van der Waals surface area contributed by atoms with E-state index < -0.39 is 55.0 Å². The summed E-state index contributed by atoms with van der Waals surface area (Å²) in [6.45, 7) is 1.42. The summed E-state index contributed by atoms with van der Waals surface area (Å²) in [7, 11) is 1.24. The lowest BCUT2D eigenvalue weighted by Gasteiger charge is -2.40. The third-order valence-electron chi connectivity index (χ3n) is 6.17. The Kier molecular flexibility index (Phi) is 13.2. The molecular weight excluding hydrogens is 564 g/mol. The Morgan fingerprint density at radius 3 is 2.55 bits per heavy atom. The molecule has 2 aliphatic rings. The summed E-state index contributed by atoms with van der Waals surface area (Å²) in [5.74, 6) is -0.884. The van der Waals surface area contributed by atoms with Gasteiger partial charge >= 0.3 is 5.97 Å². The van der Waals surface area contributed by atoms with Gasteiger partial charge in [-0.05, 0) is 41.3 Å². The van der Waals surface area contributed by atoms with Crippen molar-refractivity contribution >= 4 is 27.7 Å². The van der Waals surface area contributed by atoms with Crippen molar-refractivity contribution in [2.45, 2.75) is 81.4 Å². The molecule has 0 aromatic heterocycles. The molecule has 10 nitrogen and oxygen atoms in total. The molecule has 0 amide bonds. The minimum Gasteiger partial charge on any atom is -0.469 e. The number of hydrogen-bond donors (Lipinski definition) is 5. The number of rotatable bonds is 13. The Bertz CT molecular complexity index is 954. The van der Waals surface area contributed by atoms with Crippen LogP contribution < -0.4 is 0 Å². The first-order valence-corrected chi connectivity index (χ1v) is 13.2. The largest absolute Gasteiger partial charge is 0.469 e. The molecule has 1 fully saturated rings. The number of ketones is 1. The Hall–Kier alpha value is -1.96. The predicted octanol–water partition coefficient (Wildman–Crippen LogP) is 1.50. The van der Waals surface area contributed by atoms with Crippen LogP contribution in [0.2, 0.25) is 0 Å². The molecule has 1 aliphatic heterocycles. The van der Waals surface area contributed by atoms with Crippen LogP contribution in [0.15, 0.2) is 58.7 Å². The highest BCUT2D eigenvalue weighted by atomic mass is 79.9. The van der Waals surface area contributed by atoms with Crippen molar-refractivity contribution in [1.29, 1.82) is 0 Å². The number of esters is 1. The Balaban J connectivity index is 2.21. The van der Waals surface area contributed by atoms with Crippen molar-refractivity contribution in [3.8, 4) is 0 Å². The van der Waals surface area contributed by atoms with Gasteiger partial charge in [0.25, 0.3) is 0 Å². The number of methoxy groups -OCH3 is 1. The minimum absolute atomic E-state index is 0.0489. The first-order valence-electron chi connectivity index (χ1n) is 12.4. The van der Waals surface area contributed by atoms with Gasteiger partial charge in [-0.25, -0.2) is 0 Å². The molecule has 1 aliphatic carbocycles. The summed E-state index contributed by atoms with van der Waals surface area (Å²) in [4.78, 5) is 24.4. The molecular formula is C27H37BrO10. The second kappa shape index (κ2) is 15.6. The second-order valence-electron chi connectivity index (χ2n) is 8.99. The molecule has 7 unspecified atom stereocenters. The molecule has 5 N–H and O–H groups in total. The molecule has 0 radical (unpaired) electrons. The number of halogens is 1. The highest BCUT2D eigenvalue weighted by molar-refractivity contribution is 9.12. The molecule has 0 saturated carbocycles. The van der Waals surface area contributed by atoms with E-state index in [0.717, 1.165) is 6.42 Å². The van der Waals surface area contributed by atoms with Gasteiger partial charge in [-0.15, -0.1) is 0 Å². The molecule has 0 bridgehead atoms. The van der Waals surface area contributed by atoms with E-state index in [9.17, 15) is 35.1 Å². The van der Waals surface area contributed by atoms with Gasteiger partial charge in [0, 0.05) is 18.4 Å². The molecule has 0 spiro atoms. The van der Waals surface area contributed by atoms with Crippen LogP contribution in [0, 0.1) is 0 Å². The summed E-state index contributed by atoms with van der Waals surface area (Å²) in [6.07, 6.45) is 7.25. The van der Waals surface area contributed by atoms with Crippen LogP contribution in [-0.2, 0) is 23.8 Å². The molecule has 0 aromatic carbocycles. The number of aliphatic hydroxyl groups is 5. The zero-order valence-corrected chi connectivity index (χ0v) is 23.1. The molecule has 1 saturated heterocycles. The lowest BCUT2D eigenvalue weighted by molar-refractivity contribution is -0.307. The number of carbonyl (C=O) groups excluding carboxylic acids is 2. The summed E-state index contributed by atoms with van der Waals surface area (Å²) in [6, 6.07) is 0. The fourth-order valence-corrected chi connectivity index (χ4v) is 4.56. The van der Waals surface area contributed by atoms with E-state index >= 15 is 0 Å². The van der Waals surface area contributed by atoms with Crippen molar-refractivity contribution in [2.75, 3.05) is 13.7 Å². The Morgan fingerprint density at radius 2 is 1.89 bits per heavy atom. The Labute approximate surface area is 230 Å². The van der Waals surface area contributed by atoms with Crippen LogP contribution in [-0.4, -0.2) is 93.4 Å². The summed E-state index contributed by atoms with van der Waals surface area (Å²) in [5.41, 5.74) is -1.39. The van der Waals surface area contributed by atoms with Crippen molar-refractivity contribution < 1.29 is 49.3 Å². The number of allylic oxidation sites excluding steroid dienone is 6. The third-order valence-corrected chi connectivity index (χ3v) is 6.76. The quantitative estimate of drug-likeness (QED) is 0.119. The van der Waals surface area contributed by atoms with Crippen LogP contribution in [0.3, 0.4) is 0 Å². The molecule has 212 valence electrons. The highest BCUT2D eigenvalue weighted by Crippen LogP contribution is 2.36. The molecule has 2 rings (SSSR count). The average molecular weight is 601 g/mol. The van der Waals surface area contributed by atoms with Crippen LogP contribution in [0.25, 0.3) is 0 Å². The van der Waals surface area contributed by atoms with Crippen molar-refractivity contribution in [3.05, 3.63) is 58.7 Å². The standard InChI is InChI=1S/C27H37BrO10/c1-3-4-5-6-7-8-14-27(35)15-19(28)22(31)18(27)11-9-10-17(12-13-21(30)36-2)37-26-25(34)24(33)23(32)20(16-29)38-26/h4-5,7-11,15,17,20,23-26,29,32-35H,3,6,12-14,16H2,1-2H3. The third kappa shape index (κ3) is 8.78. The molecule has 11 heteroatoms. The van der Waals surface area contributed by atoms with Crippen molar-refractivity contribution in [2.24, 2.45) is 0 Å². The second-order valence-corrected chi connectivity index (χ2v) is 9.84. The normalized spacial score (nSPS) is 32.1. The summed E-state index contributed by atoms with van der Waals surface area (Å²) < 4.78 is 16.1. The highest BCUT2D eigenvalue weighted by Gasteiger charge is 2.44. The number of aliphatic hydroxyl groups excluding tert-OH is 4. The first kappa shape index (κ1) is 32.3. The summed E-state index contributed by atoms with van der Waals surface area (Å²) >= 11 is 3.19.